The summed E-state index contributed by atoms with van der Waals surface area (Å²) in [7, 11) is 1.55. The van der Waals surface area contributed by atoms with Crippen molar-refractivity contribution in [2.45, 2.75) is 19.4 Å². The minimum Gasteiger partial charge on any atom is -0.479 e. The molecule has 6 nitrogen and oxygen atoms in total. The first kappa shape index (κ1) is 12.5. The zero-order chi connectivity index (χ0) is 13.1. The van der Waals surface area contributed by atoms with Crippen LogP contribution in [0.1, 0.15) is 18.6 Å². The Balaban J connectivity index is 1.45. The molecule has 1 aromatic rings. The lowest BCUT2D eigenvalue weighted by atomic mass is 9.80. The van der Waals surface area contributed by atoms with E-state index in [4.69, 9.17) is 14.1 Å². The number of oxime groups is 1. The number of nitrogens with zero attached hydrogens (tertiary/aromatic N) is 3. The molecule has 2 bridgehead atoms. The van der Waals surface area contributed by atoms with Crippen molar-refractivity contribution in [2.24, 2.45) is 17.0 Å². The number of piperidine rings is 3. The zero-order valence-corrected chi connectivity index (χ0v) is 11.1. The SMILES string of the molecule is COc1cc(CON=CC2CN3CCC2CC3)on1. The van der Waals surface area contributed by atoms with Crippen LogP contribution < -0.4 is 4.74 Å². The highest BCUT2D eigenvalue weighted by molar-refractivity contribution is 5.61. The van der Waals surface area contributed by atoms with Gasteiger partial charge in [0.2, 0.25) is 0 Å². The van der Waals surface area contributed by atoms with Crippen LogP contribution in [0.2, 0.25) is 0 Å². The summed E-state index contributed by atoms with van der Waals surface area (Å²) in [6.07, 6.45) is 4.52. The van der Waals surface area contributed by atoms with E-state index in [1.165, 1.54) is 25.9 Å². The molecule has 0 saturated carbocycles. The predicted molar refractivity (Wildman–Crippen MR) is 69.0 cm³/mol. The first-order valence-corrected chi connectivity index (χ1v) is 6.72. The van der Waals surface area contributed by atoms with E-state index in [1.54, 1.807) is 13.2 Å². The van der Waals surface area contributed by atoms with Gasteiger partial charge in [-0.2, -0.15) is 0 Å². The van der Waals surface area contributed by atoms with E-state index < -0.39 is 0 Å². The van der Waals surface area contributed by atoms with Crippen molar-refractivity contribution in [2.75, 3.05) is 26.7 Å². The molecule has 104 valence electrons. The Kier molecular flexibility index (Phi) is 3.68. The first-order chi connectivity index (χ1) is 9.35. The highest BCUT2D eigenvalue weighted by Gasteiger charge is 2.33. The van der Waals surface area contributed by atoms with Gasteiger partial charge in [-0.05, 0) is 37.0 Å². The minimum atomic E-state index is 0.286. The van der Waals surface area contributed by atoms with Crippen molar-refractivity contribution < 1.29 is 14.1 Å². The Morgan fingerprint density at radius 1 is 1.53 bits per heavy atom. The standard InChI is InChI=1S/C13H19N3O3/c1-17-13-6-12(19-15-13)9-18-14-7-11-8-16-4-2-10(11)3-5-16/h6-7,10-11H,2-5,8-9H2,1H3. The maximum absolute atomic E-state index is 5.25. The second-order valence-corrected chi connectivity index (χ2v) is 5.17. The number of rotatable bonds is 5. The third-order valence-electron chi connectivity index (χ3n) is 3.99. The second-order valence-electron chi connectivity index (χ2n) is 5.17. The van der Waals surface area contributed by atoms with Crippen LogP contribution in [-0.4, -0.2) is 43.0 Å². The Hall–Kier alpha value is -1.56. The Labute approximate surface area is 112 Å². The average molecular weight is 265 g/mol. The molecule has 3 aliphatic rings. The topological polar surface area (TPSA) is 60.1 Å². The van der Waals surface area contributed by atoms with Crippen LogP contribution >= 0.6 is 0 Å². The van der Waals surface area contributed by atoms with E-state index in [1.807, 2.05) is 6.21 Å². The predicted octanol–water partition coefficient (Wildman–Crippen LogP) is 1.53. The lowest BCUT2D eigenvalue weighted by Gasteiger charge is -2.43. The minimum absolute atomic E-state index is 0.286. The molecule has 3 saturated heterocycles. The molecule has 6 heteroatoms. The van der Waals surface area contributed by atoms with Crippen LogP contribution in [0.3, 0.4) is 0 Å². The summed E-state index contributed by atoms with van der Waals surface area (Å²) in [5.41, 5.74) is 0. The van der Waals surface area contributed by atoms with Gasteiger partial charge in [-0.1, -0.05) is 5.16 Å². The maximum Gasteiger partial charge on any atom is 0.254 e. The van der Waals surface area contributed by atoms with E-state index in [0.29, 0.717) is 17.6 Å². The molecule has 3 aliphatic heterocycles. The van der Waals surface area contributed by atoms with E-state index in [0.717, 1.165) is 12.5 Å². The van der Waals surface area contributed by atoms with Gasteiger partial charge in [0.15, 0.2) is 12.4 Å². The van der Waals surface area contributed by atoms with Gasteiger partial charge < -0.3 is 19.0 Å². The van der Waals surface area contributed by atoms with E-state index in [2.05, 4.69) is 15.2 Å². The number of hydrogen-bond acceptors (Lipinski definition) is 6. The van der Waals surface area contributed by atoms with Gasteiger partial charge in [-0.25, -0.2) is 0 Å². The van der Waals surface area contributed by atoms with Crippen molar-refractivity contribution in [1.82, 2.24) is 10.1 Å². The van der Waals surface area contributed by atoms with Crippen molar-refractivity contribution in [3.8, 4) is 5.88 Å². The lowest BCUT2D eigenvalue weighted by molar-refractivity contribution is 0.0762. The summed E-state index contributed by atoms with van der Waals surface area (Å²) >= 11 is 0. The summed E-state index contributed by atoms with van der Waals surface area (Å²) in [4.78, 5) is 7.75. The van der Waals surface area contributed by atoms with Crippen LogP contribution in [0.5, 0.6) is 5.88 Å². The zero-order valence-electron chi connectivity index (χ0n) is 11.1. The highest BCUT2D eigenvalue weighted by Crippen LogP contribution is 2.31. The van der Waals surface area contributed by atoms with Gasteiger partial charge in [0.05, 0.1) is 7.11 Å². The van der Waals surface area contributed by atoms with Gasteiger partial charge in [0.1, 0.15) is 0 Å². The van der Waals surface area contributed by atoms with Gasteiger partial charge in [0, 0.05) is 24.7 Å². The number of fused-ring (bicyclic) bond motifs is 3. The fourth-order valence-corrected chi connectivity index (χ4v) is 2.86. The maximum atomic E-state index is 5.25. The summed E-state index contributed by atoms with van der Waals surface area (Å²) in [6.45, 7) is 3.89. The number of methoxy groups -OCH3 is 1. The fourth-order valence-electron chi connectivity index (χ4n) is 2.86. The fraction of sp³-hybridized carbons (Fsp3) is 0.692. The molecule has 0 spiro atoms. The van der Waals surface area contributed by atoms with Crippen LogP contribution in [-0.2, 0) is 11.4 Å². The van der Waals surface area contributed by atoms with Crippen LogP contribution in [0.25, 0.3) is 0 Å². The molecule has 0 amide bonds. The molecule has 0 aromatic carbocycles. The molecule has 0 aliphatic carbocycles. The summed E-state index contributed by atoms with van der Waals surface area (Å²) in [5, 5.41) is 7.76. The Bertz CT molecular complexity index is 438. The normalized spacial score (nSPS) is 29.8. The molecule has 0 radical (unpaired) electrons. The molecule has 1 unspecified atom stereocenters. The number of hydrogen-bond donors (Lipinski definition) is 0. The number of aromatic nitrogens is 1. The Morgan fingerprint density at radius 2 is 2.37 bits per heavy atom. The molecule has 19 heavy (non-hydrogen) atoms. The lowest BCUT2D eigenvalue weighted by Crippen LogP contribution is -2.47. The van der Waals surface area contributed by atoms with E-state index >= 15 is 0 Å². The molecule has 1 aromatic heterocycles. The van der Waals surface area contributed by atoms with Gasteiger partial charge >= 0.3 is 0 Å². The van der Waals surface area contributed by atoms with Crippen molar-refractivity contribution in [3.05, 3.63) is 11.8 Å². The molecule has 3 fully saturated rings. The first-order valence-electron chi connectivity index (χ1n) is 6.72. The second kappa shape index (κ2) is 5.61. The summed E-state index contributed by atoms with van der Waals surface area (Å²) < 4.78 is 9.94. The molecule has 4 rings (SSSR count). The molecule has 1 atom stereocenters. The monoisotopic (exact) mass is 265 g/mol. The Morgan fingerprint density at radius 3 is 3.00 bits per heavy atom. The average Bonchev–Trinajstić information content (AvgIpc) is 2.93. The molecule has 0 N–H and O–H groups in total. The number of ether oxygens (including phenoxy) is 1. The third kappa shape index (κ3) is 2.89. The van der Waals surface area contributed by atoms with Crippen LogP contribution in [0.15, 0.2) is 15.7 Å². The van der Waals surface area contributed by atoms with Crippen molar-refractivity contribution >= 4 is 6.21 Å². The smallest absolute Gasteiger partial charge is 0.254 e. The quantitative estimate of drug-likeness (QED) is 0.597. The van der Waals surface area contributed by atoms with Crippen LogP contribution in [0.4, 0.5) is 0 Å². The molecule has 4 heterocycles. The van der Waals surface area contributed by atoms with Crippen LogP contribution in [0, 0.1) is 11.8 Å². The van der Waals surface area contributed by atoms with E-state index in [9.17, 15) is 0 Å². The summed E-state index contributed by atoms with van der Waals surface area (Å²) in [5.74, 6) is 2.39. The van der Waals surface area contributed by atoms with E-state index in [-0.39, 0.29) is 6.61 Å². The molecular formula is C13H19N3O3. The third-order valence-corrected chi connectivity index (χ3v) is 3.99. The van der Waals surface area contributed by atoms with Gasteiger partial charge in [-0.3, -0.25) is 0 Å². The highest BCUT2D eigenvalue weighted by atomic mass is 16.6. The summed E-state index contributed by atoms with van der Waals surface area (Å²) in [6, 6.07) is 1.70. The van der Waals surface area contributed by atoms with Gasteiger partial charge in [0.25, 0.3) is 5.88 Å². The van der Waals surface area contributed by atoms with Gasteiger partial charge in [-0.15, -0.1) is 0 Å². The largest absolute Gasteiger partial charge is 0.479 e. The van der Waals surface area contributed by atoms with Crippen molar-refractivity contribution in [1.29, 1.82) is 0 Å². The molecular weight excluding hydrogens is 246 g/mol. The van der Waals surface area contributed by atoms with Crippen molar-refractivity contribution in [3.63, 3.8) is 0 Å².